The molecule has 9 heteroatoms. The number of hydrogen-bond acceptors (Lipinski definition) is 3. The summed E-state index contributed by atoms with van der Waals surface area (Å²) in [5.41, 5.74) is 1.47. The van der Waals surface area contributed by atoms with Crippen molar-refractivity contribution in [3.8, 4) is 5.75 Å². The number of nitrogens with zero attached hydrogens (tertiary/aromatic N) is 3. The fraction of sp³-hybridized carbons (Fsp3) is 0.444. The SMILES string of the molecule is CCNC(=NCc1ccccc1OC(F)(F)F)NCCCn1cc(C)cn1. The maximum absolute atomic E-state index is 12.5. The number of aliphatic imine (C=N–C) groups is 1. The third kappa shape index (κ3) is 7.59. The summed E-state index contributed by atoms with van der Waals surface area (Å²) < 4.78 is 43.4. The summed E-state index contributed by atoms with van der Waals surface area (Å²) in [4.78, 5) is 4.35. The molecular weight excluding hydrogens is 359 g/mol. The van der Waals surface area contributed by atoms with Gasteiger partial charge in [0.2, 0.25) is 0 Å². The standard InChI is InChI=1S/C18H24F3N5O/c1-3-22-17(23-9-6-10-26-13-14(2)11-25-26)24-12-15-7-4-5-8-16(15)27-18(19,20)21/h4-5,7-8,11,13H,3,6,9-10,12H2,1-2H3,(H2,22,23,24). The molecule has 0 amide bonds. The zero-order valence-electron chi connectivity index (χ0n) is 15.4. The first-order valence-corrected chi connectivity index (χ1v) is 8.72. The van der Waals surface area contributed by atoms with Crippen LogP contribution in [0.4, 0.5) is 13.2 Å². The molecule has 2 N–H and O–H groups in total. The molecule has 6 nitrogen and oxygen atoms in total. The van der Waals surface area contributed by atoms with Crippen molar-refractivity contribution in [2.45, 2.75) is 39.7 Å². The summed E-state index contributed by atoms with van der Waals surface area (Å²) in [6.07, 6.45) is -0.122. The summed E-state index contributed by atoms with van der Waals surface area (Å²) in [5, 5.41) is 10.5. The minimum atomic E-state index is -4.73. The van der Waals surface area contributed by atoms with Crippen LogP contribution in [-0.2, 0) is 13.1 Å². The number of nitrogens with one attached hydrogen (secondary N) is 2. The van der Waals surface area contributed by atoms with Crippen LogP contribution in [0.3, 0.4) is 0 Å². The summed E-state index contributed by atoms with van der Waals surface area (Å²) in [6, 6.07) is 5.99. The molecule has 1 heterocycles. The molecule has 0 aliphatic carbocycles. The molecular formula is C18H24F3N5O. The molecule has 148 valence electrons. The van der Waals surface area contributed by atoms with Crippen molar-refractivity contribution in [3.63, 3.8) is 0 Å². The van der Waals surface area contributed by atoms with Crippen molar-refractivity contribution in [3.05, 3.63) is 47.8 Å². The molecule has 0 spiro atoms. The highest BCUT2D eigenvalue weighted by atomic mass is 19.4. The van der Waals surface area contributed by atoms with Crippen molar-refractivity contribution in [1.82, 2.24) is 20.4 Å². The number of para-hydroxylation sites is 1. The van der Waals surface area contributed by atoms with Gasteiger partial charge in [0.25, 0.3) is 0 Å². The Morgan fingerprint density at radius 2 is 2.04 bits per heavy atom. The second-order valence-corrected chi connectivity index (χ2v) is 5.91. The van der Waals surface area contributed by atoms with Gasteiger partial charge in [0.05, 0.1) is 12.7 Å². The largest absolute Gasteiger partial charge is 0.573 e. The van der Waals surface area contributed by atoms with E-state index in [9.17, 15) is 13.2 Å². The van der Waals surface area contributed by atoms with E-state index in [2.05, 4.69) is 25.5 Å². The highest BCUT2D eigenvalue weighted by molar-refractivity contribution is 5.79. The molecule has 1 aromatic carbocycles. The molecule has 2 rings (SSSR count). The Morgan fingerprint density at radius 1 is 1.26 bits per heavy atom. The minimum Gasteiger partial charge on any atom is -0.405 e. The molecule has 0 bridgehead atoms. The second kappa shape index (κ2) is 9.84. The van der Waals surface area contributed by atoms with Gasteiger partial charge in [-0.3, -0.25) is 4.68 Å². The molecule has 0 saturated heterocycles. The van der Waals surface area contributed by atoms with E-state index in [4.69, 9.17) is 0 Å². The number of benzene rings is 1. The van der Waals surface area contributed by atoms with Crippen LogP contribution in [0.15, 0.2) is 41.7 Å². The number of aromatic nitrogens is 2. The van der Waals surface area contributed by atoms with Gasteiger partial charge >= 0.3 is 6.36 Å². The van der Waals surface area contributed by atoms with Crippen LogP contribution in [0.5, 0.6) is 5.75 Å². The Kier molecular flexibility index (Phi) is 7.51. The van der Waals surface area contributed by atoms with E-state index < -0.39 is 6.36 Å². The Balaban J connectivity index is 1.91. The molecule has 0 unspecified atom stereocenters. The Morgan fingerprint density at radius 3 is 2.70 bits per heavy atom. The van der Waals surface area contributed by atoms with Crippen LogP contribution in [0.25, 0.3) is 0 Å². The molecule has 1 aromatic heterocycles. The Labute approximate surface area is 156 Å². The lowest BCUT2D eigenvalue weighted by Gasteiger charge is -2.14. The third-order valence-electron chi connectivity index (χ3n) is 3.57. The lowest BCUT2D eigenvalue weighted by Crippen LogP contribution is -2.38. The molecule has 2 aromatic rings. The second-order valence-electron chi connectivity index (χ2n) is 5.91. The van der Waals surface area contributed by atoms with Gasteiger partial charge in [-0.2, -0.15) is 5.10 Å². The predicted octanol–water partition coefficient (Wildman–Crippen LogP) is 3.24. The summed E-state index contributed by atoms with van der Waals surface area (Å²) in [7, 11) is 0. The first kappa shape index (κ1) is 20.6. The average Bonchev–Trinajstić information content (AvgIpc) is 3.01. The molecule has 0 atom stereocenters. The number of guanidine groups is 1. The fourth-order valence-corrected chi connectivity index (χ4v) is 2.40. The molecule has 0 aliphatic heterocycles. The molecule has 0 aliphatic rings. The molecule has 0 fully saturated rings. The van der Waals surface area contributed by atoms with Gasteiger partial charge in [-0.1, -0.05) is 18.2 Å². The van der Waals surface area contributed by atoms with Gasteiger partial charge < -0.3 is 15.4 Å². The summed E-state index contributed by atoms with van der Waals surface area (Å²) in [5.74, 6) is 0.301. The summed E-state index contributed by atoms with van der Waals surface area (Å²) >= 11 is 0. The van der Waals surface area contributed by atoms with Crippen molar-refractivity contribution in [1.29, 1.82) is 0 Å². The predicted molar refractivity (Wildman–Crippen MR) is 97.5 cm³/mol. The van der Waals surface area contributed by atoms with Crippen LogP contribution >= 0.6 is 0 Å². The molecule has 27 heavy (non-hydrogen) atoms. The van der Waals surface area contributed by atoms with Crippen LogP contribution in [0.2, 0.25) is 0 Å². The van der Waals surface area contributed by atoms with E-state index in [0.717, 1.165) is 18.5 Å². The maximum atomic E-state index is 12.5. The fourth-order valence-electron chi connectivity index (χ4n) is 2.40. The monoisotopic (exact) mass is 383 g/mol. The lowest BCUT2D eigenvalue weighted by molar-refractivity contribution is -0.274. The number of halogens is 3. The zero-order chi connectivity index (χ0) is 19.7. The average molecular weight is 383 g/mol. The highest BCUT2D eigenvalue weighted by Gasteiger charge is 2.31. The van der Waals surface area contributed by atoms with Crippen LogP contribution < -0.4 is 15.4 Å². The normalized spacial score (nSPS) is 12.1. The van der Waals surface area contributed by atoms with Gasteiger partial charge in [0.1, 0.15) is 5.75 Å². The van der Waals surface area contributed by atoms with Gasteiger partial charge in [0, 0.05) is 31.4 Å². The highest BCUT2D eigenvalue weighted by Crippen LogP contribution is 2.26. The number of alkyl halides is 3. The Bertz CT molecular complexity index is 743. The zero-order valence-corrected chi connectivity index (χ0v) is 15.4. The van der Waals surface area contributed by atoms with Gasteiger partial charge in [0.15, 0.2) is 5.96 Å². The molecule has 0 saturated carbocycles. The number of rotatable bonds is 8. The van der Waals surface area contributed by atoms with Crippen molar-refractivity contribution in [2.75, 3.05) is 13.1 Å². The lowest BCUT2D eigenvalue weighted by atomic mass is 10.2. The van der Waals surface area contributed by atoms with Crippen LogP contribution in [0, 0.1) is 6.92 Å². The third-order valence-corrected chi connectivity index (χ3v) is 3.57. The number of aryl methyl sites for hydroxylation is 2. The smallest absolute Gasteiger partial charge is 0.405 e. The van der Waals surface area contributed by atoms with Crippen molar-refractivity contribution in [2.24, 2.45) is 4.99 Å². The van der Waals surface area contributed by atoms with Crippen LogP contribution in [-0.4, -0.2) is 35.2 Å². The Hall–Kier alpha value is -2.71. The van der Waals surface area contributed by atoms with Crippen LogP contribution in [0.1, 0.15) is 24.5 Å². The number of ether oxygens (including phenoxy) is 1. The van der Waals surface area contributed by atoms with Gasteiger partial charge in [-0.05, 0) is 31.9 Å². The summed E-state index contributed by atoms with van der Waals surface area (Å²) in [6.45, 7) is 6.04. The minimum absolute atomic E-state index is 0.0694. The van der Waals surface area contributed by atoms with E-state index in [0.29, 0.717) is 24.6 Å². The van der Waals surface area contributed by atoms with E-state index in [-0.39, 0.29) is 12.3 Å². The first-order valence-electron chi connectivity index (χ1n) is 8.72. The van der Waals surface area contributed by atoms with E-state index >= 15 is 0 Å². The van der Waals surface area contributed by atoms with Gasteiger partial charge in [-0.25, -0.2) is 4.99 Å². The first-order chi connectivity index (χ1) is 12.9. The van der Waals surface area contributed by atoms with E-state index in [1.807, 2.05) is 24.7 Å². The molecule has 0 radical (unpaired) electrons. The quantitative estimate of drug-likeness (QED) is 0.417. The van der Waals surface area contributed by atoms with Gasteiger partial charge in [-0.15, -0.1) is 13.2 Å². The van der Waals surface area contributed by atoms with E-state index in [1.54, 1.807) is 18.3 Å². The van der Waals surface area contributed by atoms with Crippen molar-refractivity contribution >= 4 is 5.96 Å². The van der Waals surface area contributed by atoms with E-state index in [1.165, 1.54) is 12.1 Å². The maximum Gasteiger partial charge on any atom is 0.573 e. The number of hydrogen-bond donors (Lipinski definition) is 2. The van der Waals surface area contributed by atoms with Crippen molar-refractivity contribution < 1.29 is 17.9 Å². The topological polar surface area (TPSA) is 63.5 Å².